The van der Waals surface area contributed by atoms with Gasteiger partial charge in [-0.1, -0.05) is 0 Å². The van der Waals surface area contributed by atoms with Gasteiger partial charge in [0.1, 0.15) is 11.3 Å². The van der Waals surface area contributed by atoms with E-state index in [0.29, 0.717) is 12.1 Å². The number of esters is 1. The molecule has 0 amide bonds. The Balaban J connectivity index is 2.56. The van der Waals surface area contributed by atoms with Crippen molar-refractivity contribution in [2.75, 3.05) is 19.5 Å². The molecule has 0 fully saturated rings. The van der Waals surface area contributed by atoms with E-state index in [1.165, 1.54) is 19.2 Å². The zero-order valence-electron chi connectivity index (χ0n) is 10.0. The molecule has 1 aromatic carbocycles. The molecular weight excluding hydrogens is 238 g/mol. The van der Waals surface area contributed by atoms with Gasteiger partial charge in [0, 0.05) is 12.1 Å². The van der Waals surface area contributed by atoms with Crippen LogP contribution in [0.4, 0.5) is 5.69 Å². The minimum atomic E-state index is -1.11. The Morgan fingerprint density at radius 2 is 2.11 bits per heavy atom. The van der Waals surface area contributed by atoms with Gasteiger partial charge in [-0.25, -0.2) is 4.79 Å². The average molecular weight is 253 g/mol. The van der Waals surface area contributed by atoms with Crippen LogP contribution in [0.15, 0.2) is 18.2 Å². The second-order valence-corrected chi connectivity index (χ2v) is 3.59. The molecule has 0 bridgehead atoms. The highest BCUT2D eigenvalue weighted by Gasteiger charge is 2.11. The smallest absolute Gasteiger partial charge is 0.339 e. The lowest BCUT2D eigenvalue weighted by Crippen LogP contribution is -2.07. The molecule has 1 aromatic rings. The summed E-state index contributed by atoms with van der Waals surface area (Å²) < 4.78 is 9.78. The number of aromatic carboxylic acids is 1. The highest BCUT2D eigenvalue weighted by molar-refractivity contribution is 5.92. The van der Waals surface area contributed by atoms with Crippen LogP contribution < -0.4 is 10.5 Å². The number of carboxylic acid groups (broad SMARTS) is 1. The van der Waals surface area contributed by atoms with E-state index in [4.69, 9.17) is 15.6 Å². The summed E-state index contributed by atoms with van der Waals surface area (Å²) in [5.41, 5.74) is 5.86. The van der Waals surface area contributed by atoms with Gasteiger partial charge in [0.25, 0.3) is 0 Å². The Hall–Kier alpha value is -2.24. The first-order valence-electron chi connectivity index (χ1n) is 5.37. The summed E-state index contributed by atoms with van der Waals surface area (Å²) in [6, 6.07) is 4.39. The summed E-state index contributed by atoms with van der Waals surface area (Å²) in [5, 5.41) is 8.96. The number of nitrogens with two attached hydrogens (primary N) is 1. The molecule has 3 N–H and O–H groups in total. The lowest BCUT2D eigenvalue weighted by atomic mass is 10.2. The number of carbonyl (C=O) groups is 2. The van der Waals surface area contributed by atoms with Gasteiger partial charge in [-0.2, -0.15) is 0 Å². The van der Waals surface area contributed by atoms with Crippen molar-refractivity contribution < 1.29 is 24.2 Å². The van der Waals surface area contributed by atoms with Gasteiger partial charge in [-0.15, -0.1) is 0 Å². The molecule has 0 aliphatic carbocycles. The molecular formula is C12H15NO5. The van der Waals surface area contributed by atoms with Gasteiger partial charge in [0.15, 0.2) is 0 Å². The molecule has 0 unspecified atom stereocenters. The Labute approximate surface area is 104 Å². The maximum absolute atomic E-state index is 11.0. The van der Waals surface area contributed by atoms with E-state index >= 15 is 0 Å². The summed E-state index contributed by atoms with van der Waals surface area (Å²) in [7, 11) is 1.31. The van der Waals surface area contributed by atoms with Crippen LogP contribution in [0.5, 0.6) is 5.75 Å². The molecule has 0 aliphatic heterocycles. The molecule has 0 heterocycles. The van der Waals surface area contributed by atoms with Crippen molar-refractivity contribution in [3.05, 3.63) is 23.8 Å². The van der Waals surface area contributed by atoms with E-state index in [1.54, 1.807) is 6.07 Å². The average Bonchev–Trinajstić information content (AvgIpc) is 2.35. The summed E-state index contributed by atoms with van der Waals surface area (Å²) in [6.07, 6.45) is 0.685. The molecule has 0 aliphatic rings. The number of nitrogen functional groups attached to an aromatic ring is 1. The standard InChI is InChI=1S/C12H15NO5/c1-17-11(14)3-2-6-18-10-5-4-8(13)7-9(10)12(15)16/h4-5,7H,2-3,6,13H2,1H3,(H,15,16). The molecule has 6 nitrogen and oxygen atoms in total. The molecule has 0 saturated carbocycles. The number of carboxylic acids is 1. The maximum Gasteiger partial charge on any atom is 0.339 e. The van der Waals surface area contributed by atoms with Gasteiger partial charge < -0.3 is 20.3 Å². The number of hydrogen-bond acceptors (Lipinski definition) is 5. The monoisotopic (exact) mass is 253 g/mol. The van der Waals surface area contributed by atoms with E-state index in [-0.39, 0.29) is 30.3 Å². The van der Waals surface area contributed by atoms with Crippen molar-refractivity contribution in [3.8, 4) is 5.75 Å². The number of rotatable bonds is 6. The second kappa shape index (κ2) is 6.48. The van der Waals surface area contributed by atoms with Crippen LogP contribution in [0.1, 0.15) is 23.2 Å². The third kappa shape index (κ3) is 3.97. The molecule has 0 atom stereocenters. The fourth-order valence-corrected chi connectivity index (χ4v) is 1.34. The number of methoxy groups -OCH3 is 1. The van der Waals surface area contributed by atoms with Gasteiger partial charge in [0.05, 0.1) is 13.7 Å². The lowest BCUT2D eigenvalue weighted by molar-refractivity contribution is -0.140. The quantitative estimate of drug-likeness (QED) is 0.450. The molecule has 0 spiro atoms. The van der Waals surface area contributed by atoms with Gasteiger partial charge in [-0.3, -0.25) is 4.79 Å². The largest absolute Gasteiger partial charge is 0.493 e. The Morgan fingerprint density at radius 1 is 1.39 bits per heavy atom. The lowest BCUT2D eigenvalue weighted by Gasteiger charge is -2.09. The zero-order chi connectivity index (χ0) is 13.5. The van der Waals surface area contributed by atoms with Crippen molar-refractivity contribution in [2.45, 2.75) is 12.8 Å². The van der Waals surface area contributed by atoms with Crippen molar-refractivity contribution in [2.24, 2.45) is 0 Å². The first-order valence-corrected chi connectivity index (χ1v) is 5.37. The molecule has 98 valence electrons. The van der Waals surface area contributed by atoms with Crippen molar-refractivity contribution in [3.63, 3.8) is 0 Å². The molecule has 1 rings (SSSR count). The zero-order valence-corrected chi connectivity index (χ0v) is 10.0. The topological polar surface area (TPSA) is 98.9 Å². The minimum absolute atomic E-state index is 0.00747. The summed E-state index contributed by atoms with van der Waals surface area (Å²) in [5.74, 6) is -1.19. The SMILES string of the molecule is COC(=O)CCCOc1ccc(N)cc1C(=O)O. The van der Waals surface area contributed by atoms with Crippen LogP contribution in [0.3, 0.4) is 0 Å². The number of anilines is 1. The Morgan fingerprint density at radius 3 is 2.72 bits per heavy atom. The van der Waals surface area contributed by atoms with Crippen LogP contribution >= 0.6 is 0 Å². The second-order valence-electron chi connectivity index (χ2n) is 3.59. The van der Waals surface area contributed by atoms with Crippen LogP contribution in [-0.2, 0) is 9.53 Å². The molecule has 0 radical (unpaired) electrons. The van der Waals surface area contributed by atoms with Gasteiger partial charge in [0.2, 0.25) is 0 Å². The number of benzene rings is 1. The molecule has 0 aromatic heterocycles. The van der Waals surface area contributed by atoms with Crippen LogP contribution in [0.25, 0.3) is 0 Å². The third-order valence-corrected chi connectivity index (χ3v) is 2.24. The van der Waals surface area contributed by atoms with Crippen molar-refractivity contribution in [1.82, 2.24) is 0 Å². The number of hydrogen-bond donors (Lipinski definition) is 2. The predicted molar refractivity (Wildman–Crippen MR) is 64.6 cm³/mol. The summed E-state index contributed by atoms with van der Waals surface area (Å²) >= 11 is 0. The minimum Gasteiger partial charge on any atom is -0.493 e. The molecule has 0 saturated heterocycles. The Kier molecular flexibility index (Phi) is 4.98. The normalized spacial score (nSPS) is 9.83. The van der Waals surface area contributed by atoms with Crippen LogP contribution in [0.2, 0.25) is 0 Å². The predicted octanol–water partition coefficient (Wildman–Crippen LogP) is 1.30. The number of ether oxygens (including phenoxy) is 2. The summed E-state index contributed by atoms with van der Waals surface area (Å²) in [6.45, 7) is 0.235. The van der Waals surface area contributed by atoms with Gasteiger partial charge in [-0.05, 0) is 24.6 Å². The van der Waals surface area contributed by atoms with Gasteiger partial charge >= 0.3 is 11.9 Å². The fourth-order valence-electron chi connectivity index (χ4n) is 1.34. The van der Waals surface area contributed by atoms with Crippen molar-refractivity contribution >= 4 is 17.6 Å². The highest BCUT2D eigenvalue weighted by atomic mass is 16.5. The third-order valence-electron chi connectivity index (χ3n) is 2.24. The molecule has 18 heavy (non-hydrogen) atoms. The van der Waals surface area contributed by atoms with Crippen molar-refractivity contribution in [1.29, 1.82) is 0 Å². The van der Waals surface area contributed by atoms with E-state index in [1.807, 2.05) is 0 Å². The fraction of sp³-hybridized carbons (Fsp3) is 0.333. The first-order chi connectivity index (χ1) is 8.54. The maximum atomic E-state index is 11.0. The Bertz CT molecular complexity index is 444. The molecule has 6 heteroatoms. The summed E-state index contributed by atoms with van der Waals surface area (Å²) in [4.78, 5) is 21.8. The van der Waals surface area contributed by atoms with Crippen LogP contribution in [-0.4, -0.2) is 30.8 Å². The van der Waals surface area contributed by atoms with E-state index in [2.05, 4.69) is 4.74 Å². The van der Waals surface area contributed by atoms with E-state index < -0.39 is 5.97 Å². The first kappa shape index (κ1) is 13.8. The number of carbonyl (C=O) groups excluding carboxylic acids is 1. The van der Waals surface area contributed by atoms with Crippen LogP contribution in [0, 0.1) is 0 Å². The van der Waals surface area contributed by atoms with E-state index in [9.17, 15) is 9.59 Å². The van der Waals surface area contributed by atoms with E-state index in [0.717, 1.165) is 0 Å². The highest BCUT2D eigenvalue weighted by Crippen LogP contribution is 2.21.